The Morgan fingerprint density at radius 2 is 1.68 bits per heavy atom. The van der Waals surface area contributed by atoms with Crippen LogP contribution in [0, 0.1) is 21.4 Å². The molecular formula is C21H19N3O7. The number of rotatable bonds is 8. The molecule has 0 saturated carbocycles. The van der Waals surface area contributed by atoms with Gasteiger partial charge in [-0.1, -0.05) is 12.1 Å². The van der Waals surface area contributed by atoms with Crippen molar-refractivity contribution in [3.05, 3.63) is 75.3 Å². The Labute approximate surface area is 177 Å². The van der Waals surface area contributed by atoms with Gasteiger partial charge >= 0.3 is 11.9 Å². The Morgan fingerprint density at radius 3 is 2.16 bits per heavy atom. The molecule has 0 aliphatic rings. The van der Waals surface area contributed by atoms with E-state index in [4.69, 9.17) is 14.7 Å². The van der Waals surface area contributed by atoms with E-state index in [1.165, 1.54) is 55.6 Å². The lowest BCUT2D eigenvalue weighted by Gasteiger charge is -2.26. The van der Waals surface area contributed by atoms with Crippen LogP contribution in [0.5, 0.6) is 0 Å². The van der Waals surface area contributed by atoms with Crippen LogP contribution in [0.3, 0.4) is 0 Å². The molecule has 31 heavy (non-hydrogen) atoms. The first-order valence-electron chi connectivity index (χ1n) is 9.00. The maximum Gasteiger partial charge on any atom is 0.329 e. The number of nitro benzene ring substituents is 1. The van der Waals surface area contributed by atoms with Crippen LogP contribution in [0.15, 0.2) is 48.5 Å². The van der Waals surface area contributed by atoms with E-state index in [1.54, 1.807) is 0 Å². The van der Waals surface area contributed by atoms with E-state index in [9.17, 15) is 24.5 Å². The first-order valence-corrected chi connectivity index (χ1v) is 9.00. The van der Waals surface area contributed by atoms with Gasteiger partial charge in [-0.3, -0.25) is 19.7 Å². The van der Waals surface area contributed by atoms with E-state index in [2.05, 4.69) is 5.32 Å². The number of nitrogens with one attached hydrogen (secondary N) is 1. The van der Waals surface area contributed by atoms with Crippen LogP contribution in [0.2, 0.25) is 0 Å². The molecule has 2 atom stereocenters. The number of esters is 2. The number of benzene rings is 2. The van der Waals surface area contributed by atoms with Crippen LogP contribution in [-0.4, -0.2) is 43.0 Å². The Balaban J connectivity index is 2.40. The Morgan fingerprint density at radius 1 is 1.06 bits per heavy atom. The minimum absolute atomic E-state index is 0.170. The normalized spacial score (nSPS) is 12.0. The quantitative estimate of drug-likeness (QED) is 0.384. The number of methoxy groups -OCH3 is 2. The number of amides is 1. The van der Waals surface area contributed by atoms with Crippen LogP contribution in [0.4, 0.5) is 5.69 Å². The molecule has 160 valence electrons. The number of nitrogens with zero attached hydrogens (tertiary/aromatic N) is 2. The average molecular weight is 425 g/mol. The first kappa shape index (κ1) is 23.0. The summed E-state index contributed by atoms with van der Waals surface area (Å²) < 4.78 is 9.51. The lowest BCUT2D eigenvalue weighted by atomic mass is 9.88. The second-order valence-corrected chi connectivity index (χ2v) is 6.40. The molecule has 2 rings (SSSR count). The van der Waals surface area contributed by atoms with Gasteiger partial charge in [0.15, 0.2) is 0 Å². The summed E-state index contributed by atoms with van der Waals surface area (Å²) in [5.41, 5.74) is 0.771. The van der Waals surface area contributed by atoms with Crippen molar-refractivity contribution in [1.29, 1.82) is 5.26 Å². The van der Waals surface area contributed by atoms with Crippen LogP contribution in [0.1, 0.15) is 33.8 Å². The number of non-ortho nitro benzene ring substituents is 1. The second kappa shape index (κ2) is 10.5. The van der Waals surface area contributed by atoms with Crippen molar-refractivity contribution in [3.63, 3.8) is 0 Å². The van der Waals surface area contributed by atoms with Gasteiger partial charge in [-0.25, -0.2) is 4.79 Å². The summed E-state index contributed by atoms with van der Waals surface area (Å²) >= 11 is 0. The molecule has 0 aliphatic heterocycles. The molecule has 0 fully saturated rings. The van der Waals surface area contributed by atoms with Crippen molar-refractivity contribution < 1.29 is 28.8 Å². The van der Waals surface area contributed by atoms with Gasteiger partial charge in [0.05, 0.1) is 37.2 Å². The highest BCUT2D eigenvalue weighted by Crippen LogP contribution is 2.27. The number of hydrogen-bond donors (Lipinski definition) is 1. The van der Waals surface area contributed by atoms with E-state index < -0.39 is 34.7 Å². The second-order valence-electron chi connectivity index (χ2n) is 6.40. The summed E-state index contributed by atoms with van der Waals surface area (Å²) in [4.78, 5) is 47.5. The molecule has 0 aliphatic carbocycles. The molecule has 10 heteroatoms. The minimum atomic E-state index is -1.28. The Hall–Kier alpha value is -4.26. The fourth-order valence-corrected chi connectivity index (χ4v) is 2.91. The molecule has 0 heterocycles. The van der Waals surface area contributed by atoms with Gasteiger partial charge in [-0.05, 0) is 29.8 Å². The SMILES string of the molecule is COC(=O)C[C@H](c1ccc([N+](=O)[O-])cc1)[C@H](NC(=O)c1ccc(C#N)cc1)C(=O)OC. The summed E-state index contributed by atoms with van der Waals surface area (Å²) in [6, 6.07) is 11.7. The van der Waals surface area contributed by atoms with E-state index in [0.29, 0.717) is 11.1 Å². The number of carbonyl (C=O) groups excluding carboxylic acids is 3. The summed E-state index contributed by atoms with van der Waals surface area (Å²) in [5.74, 6) is -3.00. The maximum atomic E-state index is 12.7. The average Bonchev–Trinajstić information content (AvgIpc) is 2.80. The third kappa shape index (κ3) is 5.86. The number of hydrogen-bond acceptors (Lipinski definition) is 8. The highest BCUT2D eigenvalue weighted by molar-refractivity contribution is 5.97. The zero-order valence-corrected chi connectivity index (χ0v) is 16.7. The number of ether oxygens (including phenoxy) is 2. The van der Waals surface area contributed by atoms with Crippen LogP contribution < -0.4 is 5.32 Å². The standard InChI is InChI=1S/C21H19N3O7/c1-30-18(25)11-17(14-7-9-16(10-8-14)24(28)29)19(21(27)31-2)23-20(26)15-5-3-13(12-22)4-6-15/h3-10,17,19H,11H2,1-2H3,(H,23,26)/t17-,19+/m1/s1. The van der Waals surface area contributed by atoms with E-state index in [-0.39, 0.29) is 17.7 Å². The highest BCUT2D eigenvalue weighted by Gasteiger charge is 2.34. The van der Waals surface area contributed by atoms with Crippen molar-refractivity contribution in [2.75, 3.05) is 14.2 Å². The van der Waals surface area contributed by atoms with Gasteiger partial charge in [0.25, 0.3) is 11.6 Å². The molecule has 0 aromatic heterocycles. The lowest BCUT2D eigenvalue weighted by Crippen LogP contribution is -2.46. The van der Waals surface area contributed by atoms with Crippen molar-refractivity contribution in [2.45, 2.75) is 18.4 Å². The summed E-state index contributed by atoms with van der Waals surface area (Å²) in [5, 5.41) is 22.4. The third-order valence-corrected chi connectivity index (χ3v) is 4.57. The monoisotopic (exact) mass is 425 g/mol. The number of carbonyl (C=O) groups is 3. The molecule has 0 spiro atoms. The molecule has 2 aromatic rings. The van der Waals surface area contributed by atoms with E-state index in [0.717, 1.165) is 7.11 Å². The third-order valence-electron chi connectivity index (χ3n) is 4.57. The predicted octanol–water partition coefficient (Wildman–Crippen LogP) is 2.08. The Bertz CT molecular complexity index is 1010. The summed E-state index contributed by atoms with van der Waals surface area (Å²) in [6.07, 6.45) is -0.290. The molecule has 1 amide bonds. The van der Waals surface area contributed by atoms with Crippen molar-refractivity contribution in [1.82, 2.24) is 5.32 Å². The van der Waals surface area contributed by atoms with Gasteiger partial charge < -0.3 is 14.8 Å². The molecule has 0 saturated heterocycles. The summed E-state index contributed by atoms with van der Waals surface area (Å²) in [6.45, 7) is 0. The molecule has 10 nitrogen and oxygen atoms in total. The molecule has 2 aromatic carbocycles. The topological polar surface area (TPSA) is 149 Å². The smallest absolute Gasteiger partial charge is 0.329 e. The zero-order chi connectivity index (χ0) is 23.0. The van der Waals surface area contributed by atoms with Gasteiger partial charge in [0.1, 0.15) is 6.04 Å². The number of nitriles is 1. The molecular weight excluding hydrogens is 406 g/mol. The van der Waals surface area contributed by atoms with Crippen molar-refractivity contribution in [2.24, 2.45) is 0 Å². The van der Waals surface area contributed by atoms with Gasteiger partial charge in [0, 0.05) is 23.6 Å². The maximum absolute atomic E-state index is 12.7. The molecule has 0 radical (unpaired) electrons. The van der Waals surface area contributed by atoms with Gasteiger partial charge in [-0.2, -0.15) is 5.26 Å². The van der Waals surface area contributed by atoms with E-state index in [1.807, 2.05) is 6.07 Å². The predicted molar refractivity (Wildman–Crippen MR) is 107 cm³/mol. The number of nitro groups is 1. The summed E-state index contributed by atoms with van der Waals surface area (Å²) in [7, 11) is 2.31. The first-order chi connectivity index (χ1) is 14.8. The van der Waals surface area contributed by atoms with E-state index >= 15 is 0 Å². The fraction of sp³-hybridized carbons (Fsp3) is 0.238. The highest BCUT2D eigenvalue weighted by atomic mass is 16.6. The van der Waals surface area contributed by atoms with Crippen molar-refractivity contribution in [3.8, 4) is 6.07 Å². The minimum Gasteiger partial charge on any atom is -0.469 e. The van der Waals surface area contributed by atoms with Crippen LogP contribution in [0.25, 0.3) is 0 Å². The molecule has 0 unspecified atom stereocenters. The fourth-order valence-electron chi connectivity index (χ4n) is 2.91. The zero-order valence-electron chi connectivity index (χ0n) is 16.7. The Kier molecular flexibility index (Phi) is 7.80. The lowest BCUT2D eigenvalue weighted by molar-refractivity contribution is -0.384. The largest absolute Gasteiger partial charge is 0.469 e. The molecule has 0 bridgehead atoms. The molecule has 1 N–H and O–H groups in total. The van der Waals surface area contributed by atoms with Gasteiger partial charge in [0.2, 0.25) is 0 Å². The van der Waals surface area contributed by atoms with Gasteiger partial charge in [-0.15, -0.1) is 0 Å². The van der Waals surface area contributed by atoms with Crippen LogP contribution >= 0.6 is 0 Å². The van der Waals surface area contributed by atoms with Crippen molar-refractivity contribution >= 4 is 23.5 Å². The van der Waals surface area contributed by atoms with Crippen LogP contribution in [-0.2, 0) is 19.1 Å².